The van der Waals surface area contributed by atoms with Gasteiger partial charge in [-0.25, -0.2) is 8.42 Å². The van der Waals surface area contributed by atoms with E-state index in [2.05, 4.69) is 0 Å². The molecule has 1 aromatic rings. The summed E-state index contributed by atoms with van der Waals surface area (Å²) in [5.41, 5.74) is 6.33. The smallest absolute Gasteiger partial charge is 0.243 e. The molecule has 19 heavy (non-hydrogen) atoms. The van der Waals surface area contributed by atoms with Crippen molar-refractivity contribution < 1.29 is 8.42 Å². The summed E-state index contributed by atoms with van der Waals surface area (Å²) in [4.78, 5) is 0.430. The van der Waals surface area contributed by atoms with Crippen LogP contribution < -0.4 is 5.73 Å². The summed E-state index contributed by atoms with van der Waals surface area (Å²) >= 11 is 0. The number of sulfonamides is 1. The van der Waals surface area contributed by atoms with E-state index in [0.29, 0.717) is 24.4 Å². The van der Waals surface area contributed by atoms with Crippen molar-refractivity contribution in [2.75, 3.05) is 13.1 Å². The highest BCUT2D eigenvalue weighted by molar-refractivity contribution is 7.89. The third-order valence-corrected chi connectivity index (χ3v) is 5.86. The van der Waals surface area contributed by atoms with Crippen LogP contribution in [0, 0.1) is 6.92 Å². The van der Waals surface area contributed by atoms with Gasteiger partial charge in [0, 0.05) is 12.6 Å². The molecule has 1 aliphatic carbocycles. The van der Waals surface area contributed by atoms with Crippen molar-refractivity contribution in [1.82, 2.24) is 4.31 Å². The lowest BCUT2D eigenvalue weighted by atomic mass is 9.93. The number of hydrogen-bond donors (Lipinski definition) is 1. The first-order chi connectivity index (χ1) is 9.07. The molecule has 0 atom stereocenters. The molecule has 0 unspecified atom stereocenters. The maximum Gasteiger partial charge on any atom is 0.243 e. The van der Waals surface area contributed by atoms with Crippen LogP contribution in [0.15, 0.2) is 29.2 Å². The van der Waals surface area contributed by atoms with Crippen LogP contribution in [0.3, 0.4) is 0 Å². The molecular weight excluding hydrogens is 260 g/mol. The molecule has 1 aliphatic rings. The van der Waals surface area contributed by atoms with Crippen LogP contribution in [-0.4, -0.2) is 31.9 Å². The fourth-order valence-corrected chi connectivity index (χ4v) is 4.34. The van der Waals surface area contributed by atoms with Gasteiger partial charge in [-0.2, -0.15) is 4.31 Å². The lowest BCUT2D eigenvalue weighted by molar-refractivity contribution is 0.218. The molecule has 2 N–H and O–H groups in total. The maximum atomic E-state index is 12.8. The zero-order valence-electron chi connectivity index (χ0n) is 11.4. The highest BCUT2D eigenvalue weighted by Gasteiger charge is 2.34. The minimum atomic E-state index is -3.39. The van der Waals surface area contributed by atoms with Gasteiger partial charge < -0.3 is 5.73 Å². The van der Waals surface area contributed by atoms with Gasteiger partial charge in [0.05, 0.1) is 4.90 Å². The van der Waals surface area contributed by atoms with Crippen LogP contribution in [0.1, 0.15) is 31.2 Å². The molecule has 5 heteroatoms. The Morgan fingerprint density at radius 3 is 2.53 bits per heavy atom. The molecule has 1 fully saturated rings. The van der Waals surface area contributed by atoms with E-state index in [4.69, 9.17) is 5.73 Å². The summed E-state index contributed by atoms with van der Waals surface area (Å²) in [7, 11) is -3.39. The predicted molar refractivity (Wildman–Crippen MR) is 76.4 cm³/mol. The van der Waals surface area contributed by atoms with Crippen molar-refractivity contribution in [2.45, 2.75) is 43.5 Å². The maximum absolute atomic E-state index is 12.8. The number of benzene rings is 1. The number of aryl methyl sites for hydroxylation is 1. The Balaban J connectivity index is 2.31. The third kappa shape index (κ3) is 2.99. The molecule has 0 amide bonds. The number of nitrogens with two attached hydrogens (primary N) is 1. The lowest BCUT2D eigenvalue weighted by Gasteiger charge is -2.36. The molecule has 1 saturated carbocycles. The van der Waals surface area contributed by atoms with Gasteiger partial charge in [0.2, 0.25) is 10.0 Å². The standard InChI is InChI=1S/C14H22N2O2S/c1-12-6-2-3-9-14(12)19(17,18)16(11-5-10-15)13-7-4-8-13/h2-3,6,9,13H,4-5,7-8,10-11,15H2,1H3. The third-order valence-electron chi connectivity index (χ3n) is 3.74. The summed E-state index contributed by atoms with van der Waals surface area (Å²) in [5.74, 6) is 0. The van der Waals surface area contributed by atoms with E-state index in [0.717, 1.165) is 24.8 Å². The monoisotopic (exact) mass is 282 g/mol. The van der Waals surface area contributed by atoms with E-state index in [1.165, 1.54) is 0 Å². The minimum Gasteiger partial charge on any atom is -0.330 e. The Hall–Kier alpha value is -0.910. The van der Waals surface area contributed by atoms with Crippen molar-refractivity contribution in [3.05, 3.63) is 29.8 Å². The minimum absolute atomic E-state index is 0.163. The summed E-state index contributed by atoms with van der Waals surface area (Å²) < 4.78 is 27.2. The molecule has 0 heterocycles. The topological polar surface area (TPSA) is 63.4 Å². The second kappa shape index (κ2) is 6.03. The first-order valence-corrected chi connectivity index (χ1v) is 8.29. The molecule has 0 bridgehead atoms. The summed E-state index contributed by atoms with van der Waals surface area (Å²) in [5, 5.41) is 0. The van der Waals surface area contributed by atoms with Gasteiger partial charge in [-0.3, -0.25) is 0 Å². The van der Waals surface area contributed by atoms with Gasteiger partial charge in [-0.05, 0) is 44.4 Å². The SMILES string of the molecule is Cc1ccccc1S(=O)(=O)N(CCCN)C1CCC1. The molecule has 0 saturated heterocycles. The Morgan fingerprint density at radius 1 is 1.32 bits per heavy atom. The first-order valence-electron chi connectivity index (χ1n) is 6.85. The van der Waals surface area contributed by atoms with Crippen LogP contribution in [0.4, 0.5) is 0 Å². The summed E-state index contributed by atoms with van der Waals surface area (Å²) in [6, 6.07) is 7.34. The van der Waals surface area contributed by atoms with Gasteiger partial charge >= 0.3 is 0 Å². The van der Waals surface area contributed by atoms with E-state index >= 15 is 0 Å². The van der Waals surface area contributed by atoms with Crippen molar-refractivity contribution >= 4 is 10.0 Å². The van der Waals surface area contributed by atoms with Gasteiger partial charge in [0.1, 0.15) is 0 Å². The normalized spacial score (nSPS) is 16.6. The van der Waals surface area contributed by atoms with Crippen molar-refractivity contribution in [3.63, 3.8) is 0 Å². The zero-order valence-corrected chi connectivity index (χ0v) is 12.2. The predicted octanol–water partition coefficient (Wildman–Crippen LogP) is 1.89. The number of rotatable bonds is 6. The van der Waals surface area contributed by atoms with E-state index in [1.54, 1.807) is 16.4 Å². The van der Waals surface area contributed by atoms with Gasteiger partial charge in [-0.1, -0.05) is 24.6 Å². The fraction of sp³-hybridized carbons (Fsp3) is 0.571. The Kier molecular flexibility index (Phi) is 4.60. The molecule has 106 valence electrons. The van der Waals surface area contributed by atoms with Crippen molar-refractivity contribution in [1.29, 1.82) is 0 Å². The quantitative estimate of drug-likeness (QED) is 0.866. The highest BCUT2D eigenvalue weighted by atomic mass is 32.2. The Morgan fingerprint density at radius 2 is 2.00 bits per heavy atom. The molecule has 4 nitrogen and oxygen atoms in total. The molecule has 2 rings (SSSR count). The van der Waals surface area contributed by atoms with Crippen LogP contribution in [0.2, 0.25) is 0 Å². The van der Waals surface area contributed by atoms with Gasteiger partial charge in [0.15, 0.2) is 0 Å². The lowest BCUT2D eigenvalue weighted by Crippen LogP contribution is -2.45. The summed E-state index contributed by atoms with van der Waals surface area (Å²) in [6.45, 7) is 2.89. The first kappa shape index (κ1) is 14.5. The molecular formula is C14H22N2O2S. The van der Waals surface area contributed by atoms with E-state index in [-0.39, 0.29) is 6.04 Å². The average Bonchev–Trinajstić information content (AvgIpc) is 2.32. The van der Waals surface area contributed by atoms with E-state index in [1.807, 2.05) is 19.1 Å². The van der Waals surface area contributed by atoms with E-state index < -0.39 is 10.0 Å². The van der Waals surface area contributed by atoms with Crippen molar-refractivity contribution in [3.8, 4) is 0 Å². The summed E-state index contributed by atoms with van der Waals surface area (Å²) in [6.07, 6.45) is 3.76. The van der Waals surface area contributed by atoms with Crippen LogP contribution in [0.25, 0.3) is 0 Å². The molecule has 1 aromatic carbocycles. The Labute approximate surface area is 115 Å². The average molecular weight is 282 g/mol. The van der Waals surface area contributed by atoms with E-state index in [9.17, 15) is 8.42 Å². The zero-order chi connectivity index (χ0) is 13.9. The van der Waals surface area contributed by atoms with Crippen LogP contribution in [-0.2, 0) is 10.0 Å². The van der Waals surface area contributed by atoms with Crippen LogP contribution in [0.5, 0.6) is 0 Å². The second-order valence-electron chi connectivity index (χ2n) is 5.11. The van der Waals surface area contributed by atoms with Crippen molar-refractivity contribution in [2.24, 2.45) is 5.73 Å². The molecule has 0 aliphatic heterocycles. The van der Waals surface area contributed by atoms with Crippen LogP contribution >= 0.6 is 0 Å². The molecule has 0 radical (unpaired) electrons. The number of hydrogen-bond acceptors (Lipinski definition) is 3. The largest absolute Gasteiger partial charge is 0.330 e. The van der Waals surface area contributed by atoms with Gasteiger partial charge in [0.25, 0.3) is 0 Å². The molecule has 0 aromatic heterocycles. The van der Waals surface area contributed by atoms with Gasteiger partial charge in [-0.15, -0.1) is 0 Å². The molecule has 0 spiro atoms. The highest BCUT2D eigenvalue weighted by Crippen LogP contribution is 2.30. The Bertz CT molecular complexity index is 524. The second-order valence-corrected chi connectivity index (χ2v) is 6.97. The number of nitrogens with zero attached hydrogens (tertiary/aromatic N) is 1. The fourth-order valence-electron chi connectivity index (χ4n) is 2.39.